The number of thioether (sulfide) groups is 1. The van der Waals surface area contributed by atoms with Gasteiger partial charge in [0.1, 0.15) is 11.3 Å². The number of amidine groups is 1. The number of nitrogens with two attached hydrogens (primary N) is 1. The highest BCUT2D eigenvalue weighted by Crippen LogP contribution is 2.21. The quantitative estimate of drug-likeness (QED) is 0.371. The third kappa shape index (κ3) is 3.49. The van der Waals surface area contributed by atoms with Gasteiger partial charge in [0.05, 0.1) is 13.3 Å². The molecule has 0 saturated heterocycles. The van der Waals surface area contributed by atoms with Crippen molar-refractivity contribution in [2.75, 3.05) is 13.4 Å². The fourth-order valence-corrected chi connectivity index (χ4v) is 1.26. The van der Waals surface area contributed by atoms with E-state index in [0.717, 1.165) is 0 Å². The highest BCUT2D eigenvalue weighted by Gasteiger charge is 2.13. The van der Waals surface area contributed by atoms with E-state index in [4.69, 9.17) is 5.73 Å². The van der Waals surface area contributed by atoms with Crippen LogP contribution in [-0.4, -0.2) is 35.8 Å². The predicted octanol–water partition coefficient (Wildman–Crippen LogP) is 1.19. The van der Waals surface area contributed by atoms with Gasteiger partial charge < -0.3 is 15.6 Å². The van der Waals surface area contributed by atoms with Crippen molar-refractivity contribution in [2.24, 2.45) is 15.9 Å². The van der Waals surface area contributed by atoms with E-state index in [-0.39, 0.29) is 11.3 Å². The average Bonchev–Trinajstić information content (AvgIpc) is 2.39. The first-order valence-electron chi connectivity index (χ1n) is 4.91. The lowest BCUT2D eigenvalue weighted by atomic mass is 10.1. The van der Waals surface area contributed by atoms with Crippen LogP contribution in [0.3, 0.4) is 0 Å². The van der Waals surface area contributed by atoms with Crippen LogP contribution < -0.4 is 5.73 Å². The van der Waals surface area contributed by atoms with Crippen LogP contribution in [0.2, 0.25) is 0 Å². The van der Waals surface area contributed by atoms with Crippen LogP contribution in [0.4, 0.5) is 0 Å². The molecule has 0 saturated carbocycles. The Bertz CT molecular complexity index is 500. The van der Waals surface area contributed by atoms with E-state index in [2.05, 4.69) is 14.9 Å². The summed E-state index contributed by atoms with van der Waals surface area (Å²) in [6.45, 7) is 0. The molecule has 0 fully saturated rings. The standard InChI is InChI=1S/C11H13N3O3S/c1-17-10(16)8-5-3-4-7(9(8)15)6-13-14-11(12)18-2/h3-6,15H,1-2H3,(H2,12,14)/b13-6-. The minimum Gasteiger partial charge on any atom is -0.506 e. The second-order valence-corrected chi connectivity index (χ2v) is 3.95. The molecule has 0 aromatic heterocycles. The number of aromatic hydroxyl groups is 1. The van der Waals surface area contributed by atoms with E-state index in [0.29, 0.717) is 10.7 Å². The number of nitrogens with zero attached hydrogens (tertiary/aromatic N) is 2. The largest absolute Gasteiger partial charge is 0.506 e. The Kier molecular flexibility index (Phi) is 5.19. The smallest absolute Gasteiger partial charge is 0.341 e. The molecule has 0 bridgehead atoms. The minimum atomic E-state index is -0.616. The molecule has 0 radical (unpaired) electrons. The molecule has 0 heterocycles. The summed E-state index contributed by atoms with van der Waals surface area (Å²) in [5.41, 5.74) is 5.87. The van der Waals surface area contributed by atoms with E-state index < -0.39 is 5.97 Å². The van der Waals surface area contributed by atoms with Crippen molar-refractivity contribution in [1.29, 1.82) is 0 Å². The first-order chi connectivity index (χ1) is 8.60. The molecule has 0 spiro atoms. The van der Waals surface area contributed by atoms with E-state index in [9.17, 15) is 9.90 Å². The molecule has 7 heteroatoms. The van der Waals surface area contributed by atoms with Crippen molar-refractivity contribution in [3.63, 3.8) is 0 Å². The number of rotatable bonds is 3. The summed E-state index contributed by atoms with van der Waals surface area (Å²) in [7, 11) is 1.24. The Morgan fingerprint density at radius 1 is 1.56 bits per heavy atom. The van der Waals surface area contributed by atoms with Gasteiger partial charge in [-0.3, -0.25) is 0 Å². The summed E-state index contributed by atoms with van der Waals surface area (Å²) in [5.74, 6) is -0.819. The second-order valence-electron chi connectivity index (χ2n) is 3.12. The molecular weight excluding hydrogens is 254 g/mol. The lowest BCUT2D eigenvalue weighted by Crippen LogP contribution is -2.04. The first kappa shape index (κ1) is 14.0. The highest BCUT2D eigenvalue weighted by molar-refractivity contribution is 8.13. The number of methoxy groups -OCH3 is 1. The summed E-state index contributed by atoms with van der Waals surface area (Å²) < 4.78 is 4.54. The number of phenols is 1. The topological polar surface area (TPSA) is 97.3 Å². The number of para-hydroxylation sites is 1. The van der Waals surface area contributed by atoms with Gasteiger partial charge in [0, 0.05) is 5.56 Å². The van der Waals surface area contributed by atoms with E-state index >= 15 is 0 Å². The lowest BCUT2D eigenvalue weighted by molar-refractivity contribution is 0.0597. The molecule has 0 aliphatic heterocycles. The number of hydrogen-bond donors (Lipinski definition) is 2. The van der Waals surface area contributed by atoms with Gasteiger partial charge >= 0.3 is 5.97 Å². The number of esters is 1. The fraction of sp³-hybridized carbons (Fsp3) is 0.182. The number of benzene rings is 1. The van der Waals surface area contributed by atoms with Gasteiger partial charge in [-0.15, -0.1) is 5.10 Å². The van der Waals surface area contributed by atoms with Gasteiger partial charge in [-0.05, 0) is 18.4 Å². The van der Waals surface area contributed by atoms with Crippen LogP contribution in [0.1, 0.15) is 15.9 Å². The zero-order chi connectivity index (χ0) is 13.5. The van der Waals surface area contributed by atoms with Gasteiger partial charge in [0.25, 0.3) is 0 Å². The summed E-state index contributed by atoms with van der Waals surface area (Å²) >= 11 is 1.25. The zero-order valence-electron chi connectivity index (χ0n) is 9.95. The molecule has 3 N–H and O–H groups in total. The van der Waals surface area contributed by atoms with Crippen LogP contribution in [0.25, 0.3) is 0 Å². The highest BCUT2D eigenvalue weighted by atomic mass is 32.2. The van der Waals surface area contributed by atoms with Crippen molar-refractivity contribution in [2.45, 2.75) is 0 Å². The van der Waals surface area contributed by atoms with Crippen LogP contribution >= 0.6 is 11.8 Å². The Morgan fingerprint density at radius 2 is 2.28 bits per heavy atom. The van der Waals surface area contributed by atoms with Gasteiger partial charge in [0.2, 0.25) is 0 Å². The average molecular weight is 267 g/mol. The fourth-order valence-electron chi connectivity index (χ4n) is 1.13. The van der Waals surface area contributed by atoms with Crippen molar-refractivity contribution in [1.82, 2.24) is 0 Å². The van der Waals surface area contributed by atoms with Crippen LogP contribution in [0.15, 0.2) is 28.4 Å². The normalized spacial score (nSPS) is 11.8. The van der Waals surface area contributed by atoms with E-state index in [1.165, 1.54) is 31.2 Å². The number of carbonyl (C=O) groups excluding carboxylic acids is 1. The molecule has 1 aromatic carbocycles. The molecule has 0 amide bonds. The maximum atomic E-state index is 11.3. The third-order valence-electron chi connectivity index (χ3n) is 2.03. The molecule has 0 aliphatic carbocycles. The first-order valence-corrected chi connectivity index (χ1v) is 6.13. The molecular formula is C11H13N3O3S. The number of ether oxygens (including phenoxy) is 1. The number of hydrogen-bond acceptors (Lipinski definition) is 6. The lowest BCUT2D eigenvalue weighted by Gasteiger charge is -2.04. The van der Waals surface area contributed by atoms with Gasteiger partial charge in [-0.2, -0.15) is 5.10 Å². The summed E-state index contributed by atoms with van der Waals surface area (Å²) in [5, 5.41) is 17.5. The maximum Gasteiger partial charge on any atom is 0.341 e. The number of phenolic OH excluding ortho intramolecular Hbond substituents is 1. The molecule has 0 atom stereocenters. The Hall–Kier alpha value is -2.02. The van der Waals surface area contributed by atoms with Crippen LogP contribution in [0.5, 0.6) is 5.75 Å². The Balaban J connectivity index is 3.01. The third-order valence-corrected chi connectivity index (χ3v) is 2.53. The molecule has 96 valence electrons. The minimum absolute atomic E-state index is 0.0725. The molecule has 1 rings (SSSR count). The molecule has 6 nitrogen and oxygen atoms in total. The molecule has 1 aromatic rings. The molecule has 18 heavy (non-hydrogen) atoms. The zero-order valence-corrected chi connectivity index (χ0v) is 10.8. The second kappa shape index (κ2) is 6.65. The Morgan fingerprint density at radius 3 is 2.89 bits per heavy atom. The van der Waals surface area contributed by atoms with E-state index in [1.807, 2.05) is 0 Å². The number of carbonyl (C=O) groups is 1. The van der Waals surface area contributed by atoms with Crippen molar-refractivity contribution in [3.05, 3.63) is 29.3 Å². The van der Waals surface area contributed by atoms with Crippen LogP contribution in [-0.2, 0) is 4.74 Å². The maximum absolute atomic E-state index is 11.3. The SMILES string of the molecule is COC(=O)c1cccc(/C=N\N=C(N)SC)c1O. The van der Waals surface area contributed by atoms with Gasteiger partial charge in [-0.25, -0.2) is 4.79 Å². The summed E-state index contributed by atoms with van der Waals surface area (Å²) in [6, 6.07) is 4.66. The van der Waals surface area contributed by atoms with Crippen molar-refractivity contribution < 1.29 is 14.6 Å². The van der Waals surface area contributed by atoms with Gasteiger partial charge in [-0.1, -0.05) is 17.8 Å². The molecule has 0 aliphatic rings. The predicted molar refractivity (Wildman–Crippen MR) is 72.2 cm³/mol. The Labute approximate surface area is 109 Å². The van der Waals surface area contributed by atoms with Crippen molar-refractivity contribution >= 4 is 29.1 Å². The summed E-state index contributed by atoms with van der Waals surface area (Å²) in [4.78, 5) is 11.3. The van der Waals surface area contributed by atoms with Crippen LogP contribution in [0, 0.1) is 0 Å². The molecule has 0 unspecified atom stereocenters. The monoisotopic (exact) mass is 267 g/mol. The van der Waals surface area contributed by atoms with Crippen molar-refractivity contribution in [3.8, 4) is 5.75 Å². The van der Waals surface area contributed by atoms with E-state index in [1.54, 1.807) is 18.4 Å². The summed E-state index contributed by atoms with van der Waals surface area (Å²) in [6.07, 6.45) is 3.08. The van der Waals surface area contributed by atoms with Gasteiger partial charge in [0.15, 0.2) is 5.17 Å².